The fraction of sp³-hybridized carbons (Fsp3) is 0.286. The Bertz CT molecular complexity index is 972. The summed E-state index contributed by atoms with van der Waals surface area (Å²) in [5.74, 6) is -1.20. The summed E-state index contributed by atoms with van der Waals surface area (Å²) < 4.78 is 40.8. The van der Waals surface area contributed by atoms with Crippen LogP contribution in [0.4, 0.5) is 4.39 Å². The normalized spacial score (nSPS) is 15.3. The van der Waals surface area contributed by atoms with Crippen LogP contribution in [0.3, 0.4) is 0 Å². The second-order valence-electron chi connectivity index (χ2n) is 6.84. The van der Waals surface area contributed by atoms with E-state index in [1.54, 1.807) is 4.90 Å². The Morgan fingerprint density at radius 1 is 1.10 bits per heavy atom. The molecule has 1 amide bonds. The van der Waals surface area contributed by atoms with E-state index >= 15 is 0 Å². The van der Waals surface area contributed by atoms with Gasteiger partial charge in [-0.05, 0) is 23.8 Å². The maximum Gasteiger partial charge on any atom is 0.253 e. The van der Waals surface area contributed by atoms with Crippen LogP contribution < -0.4 is 4.72 Å². The van der Waals surface area contributed by atoms with Crippen LogP contribution in [0.5, 0.6) is 0 Å². The smallest absolute Gasteiger partial charge is 0.253 e. The van der Waals surface area contributed by atoms with E-state index in [0.29, 0.717) is 26.2 Å². The number of benzene rings is 2. The van der Waals surface area contributed by atoms with E-state index in [4.69, 9.17) is 0 Å². The molecule has 2 aromatic carbocycles. The molecule has 0 radical (unpaired) electrons. The van der Waals surface area contributed by atoms with E-state index in [1.807, 2.05) is 18.2 Å². The van der Waals surface area contributed by atoms with Crippen LogP contribution in [0, 0.1) is 5.82 Å². The molecule has 0 atom stereocenters. The summed E-state index contributed by atoms with van der Waals surface area (Å²) in [6, 6.07) is 13.5. The summed E-state index contributed by atoms with van der Waals surface area (Å²) in [7, 11) is -4.06. The summed E-state index contributed by atoms with van der Waals surface area (Å²) in [5.41, 5.74) is 1.37. The van der Waals surface area contributed by atoms with Crippen LogP contribution >= 0.6 is 0 Å². The molecule has 0 bridgehead atoms. The average molecular weight is 418 g/mol. The highest BCUT2D eigenvalue weighted by molar-refractivity contribution is 7.89. The predicted octanol–water partition coefficient (Wildman–Crippen LogP) is 2.25. The average Bonchev–Trinajstić information content (AvgIpc) is 2.73. The van der Waals surface area contributed by atoms with Crippen molar-refractivity contribution in [2.45, 2.75) is 11.4 Å². The molecular weight excluding hydrogens is 393 g/mol. The van der Waals surface area contributed by atoms with E-state index in [-0.39, 0.29) is 18.0 Å². The van der Waals surface area contributed by atoms with Gasteiger partial charge in [-0.3, -0.25) is 9.69 Å². The van der Waals surface area contributed by atoms with Crippen LogP contribution in [0.25, 0.3) is 0 Å². The van der Waals surface area contributed by atoms with Gasteiger partial charge in [-0.15, -0.1) is 6.58 Å². The Kier molecular flexibility index (Phi) is 6.79. The minimum atomic E-state index is -4.06. The number of hydrogen-bond acceptors (Lipinski definition) is 4. The number of nitrogens with one attached hydrogen (secondary N) is 1. The third-order valence-electron chi connectivity index (χ3n) is 4.79. The molecule has 8 heteroatoms. The van der Waals surface area contributed by atoms with E-state index in [1.165, 1.54) is 17.7 Å². The molecule has 154 valence electrons. The van der Waals surface area contributed by atoms with E-state index < -0.39 is 20.7 Å². The van der Waals surface area contributed by atoms with Crippen LogP contribution in [-0.4, -0.2) is 56.8 Å². The Morgan fingerprint density at radius 3 is 2.45 bits per heavy atom. The molecule has 1 heterocycles. The van der Waals surface area contributed by atoms with E-state index in [0.717, 1.165) is 18.7 Å². The topological polar surface area (TPSA) is 69.7 Å². The van der Waals surface area contributed by atoms with Gasteiger partial charge in [0.25, 0.3) is 5.91 Å². The van der Waals surface area contributed by atoms with Crippen molar-refractivity contribution in [3.63, 3.8) is 0 Å². The van der Waals surface area contributed by atoms with Crippen LogP contribution in [-0.2, 0) is 16.6 Å². The molecule has 1 aliphatic rings. The molecule has 0 aliphatic carbocycles. The molecule has 2 aromatic rings. The number of sulfonamides is 1. The van der Waals surface area contributed by atoms with Gasteiger partial charge in [0.1, 0.15) is 10.7 Å². The van der Waals surface area contributed by atoms with Crippen molar-refractivity contribution in [3.05, 3.63) is 78.1 Å². The number of carbonyl (C=O) groups excluding carboxylic acids is 1. The van der Waals surface area contributed by atoms with Gasteiger partial charge >= 0.3 is 0 Å². The van der Waals surface area contributed by atoms with Crippen molar-refractivity contribution < 1.29 is 17.6 Å². The van der Waals surface area contributed by atoms with Gasteiger partial charge in [0.05, 0.1) is 0 Å². The minimum absolute atomic E-state index is 0.0245. The second kappa shape index (κ2) is 9.30. The Morgan fingerprint density at radius 2 is 1.79 bits per heavy atom. The van der Waals surface area contributed by atoms with Gasteiger partial charge in [0, 0.05) is 44.8 Å². The van der Waals surface area contributed by atoms with E-state index in [9.17, 15) is 17.6 Å². The minimum Gasteiger partial charge on any atom is -0.336 e. The third kappa shape index (κ3) is 5.29. The standard InChI is InChI=1S/C21H24FN3O3S/c1-2-10-23-29(27,28)20-15-18(8-9-19(20)22)21(26)25-13-11-24(12-14-25)16-17-6-4-3-5-7-17/h2-9,15,23H,1,10-14,16H2. The zero-order chi connectivity index (χ0) is 20.9. The first kappa shape index (κ1) is 21.2. The number of carbonyl (C=O) groups is 1. The monoisotopic (exact) mass is 417 g/mol. The maximum absolute atomic E-state index is 14.1. The Balaban J connectivity index is 1.67. The number of amides is 1. The van der Waals surface area contributed by atoms with Crippen molar-refractivity contribution in [2.24, 2.45) is 0 Å². The lowest BCUT2D eigenvalue weighted by Gasteiger charge is -2.34. The lowest BCUT2D eigenvalue weighted by atomic mass is 10.1. The molecule has 1 N–H and O–H groups in total. The van der Waals surface area contributed by atoms with Crippen LogP contribution in [0.15, 0.2) is 66.1 Å². The summed E-state index contributed by atoms with van der Waals surface area (Å²) in [6.45, 7) is 6.71. The SMILES string of the molecule is C=CCNS(=O)(=O)c1cc(C(=O)N2CCN(Cc3ccccc3)CC2)ccc1F. The Hall–Kier alpha value is -2.55. The summed E-state index contributed by atoms with van der Waals surface area (Å²) >= 11 is 0. The van der Waals surface area contributed by atoms with Crippen molar-refractivity contribution in [1.82, 2.24) is 14.5 Å². The molecule has 1 saturated heterocycles. The first-order valence-electron chi connectivity index (χ1n) is 9.36. The molecule has 0 aromatic heterocycles. The van der Waals surface area contributed by atoms with Crippen molar-refractivity contribution >= 4 is 15.9 Å². The zero-order valence-electron chi connectivity index (χ0n) is 16.1. The van der Waals surface area contributed by atoms with Gasteiger partial charge in [-0.2, -0.15) is 0 Å². The molecule has 0 spiro atoms. The molecule has 6 nitrogen and oxygen atoms in total. The largest absolute Gasteiger partial charge is 0.336 e. The molecule has 1 aliphatic heterocycles. The number of hydrogen-bond donors (Lipinski definition) is 1. The Labute approximate surface area is 170 Å². The van der Waals surface area contributed by atoms with Gasteiger partial charge in [0.2, 0.25) is 10.0 Å². The summed E-state index contributed by atoms with van der Waals surface area (Å²) in [6.07, 6.45) is 1.36. The molecule has 0 saturated carbocycles. The lowest BCUT2D eigenvalue weighted by molar-refractivity contribution is 0.0628. The quantitative estimate of drug-likeness (QED) is 0.702. The van der Waals surface area contributed by atoms with Gasteiger partial charge < -0.3 is 4.90 Å². The van der Waals surface area contributed by atoms with Crippen molar-refractivity contribution in [3.8, 4) is 0 Å². The summed E-state index contributed by atoms with van der Waals surface area (Å²) in [5, 5.41) is 0. The molecule has 29 heavy (non-hydrogen) atoms. The fourth-order valence-corrected chi connectivity index (χ4v) is 4.32. The van der Waals surface area contributed by atoms with Gasteiger partial charge in [-0.25, -0.2) is 17.5 Å². The van der Waals surface area contributed by atoms with Crippen molar-refractivity contribution in [2.75, 3.05) is 32.7 Å². The first-order chi connectivity index (χ1) is 13.9. The number of rotatable bonds is 7. The predicted molar refractivity (Wildman–Crippen MR) is 109 cm³/mol. The molecule has 0 unspecified atom stereocenters. The van der Waals surface area contributed by atoms with Gasteiger partial charge in [0.15, 0.2) is 0 Å². The van der Waals surface area contributed by atoms with Crippen LogP contribution in [0.2, 0.25) is 0 Å². The van der Waals surface area contributed by atoms with Gasteiger partial charge in [-0.1, -0.05) is 36.4 Å². The van der Waals surface area contributed by atoms with Crippen LogP contribution in [0.1, 0.15) is 15.9 Å². The van der Waals surface area contributed by atoms with Crippen molar-refractivity contribution in [1.29, 1.82) is 0 Å². The molecular formula is C21H24FN3O3S. The number of piperazine rings is 1. The summed E-state index contributed by atoms with van der Waals surface area (Å²) in [4.78, 5) is 16.2. The highest BCUT2D eigenvalue weighted by Gasteiger charge is 2.25. The highest BCUT2D eigenvalue weighted by atomic mass is 32.2. The third-order valence-corrected chi connectivity index (χ3v) is 6.23. The first-order valence-corrected chi connectivity index (χ1v) is 10.8. The number of nitrogens with zero attached hydrogens (tertiary/aromatic N) is 2. The molecule has 1 fully saturated rings. The lowest BCUT2D eigenvalue weighted by Crippen LogP contribution is -2.48. The highest BCUT2D eigenvalue weighted by Crippen LogP contribution is 2.19. The van der Waals surface area contributed by atoms with E-state index in [2.05, 4.69) is 28.3 Å². The fourth-order valence-electron chi connectivity index (χ4n) is 3.22. The molecule has 3 rings (SSSR count). The maximum atomic E-state index is 14.1. The zero-order valence-corrected chi connectivity index (χ0v) is 16.9. The number of halogens is 1. The second-order valence-corrected chi connectivity index (χ2v) is 8.58.